The fourth-order valence-electron chi connectivity index (χ4n) is 1.50. The monoisotopic (exact) mass is 242 g/mol. The number of benzene rings is 1. The van der Waals surface area contributed by atoms with Gasteiger partial charge in [-0.3, -0.25) is 10.1 Å². The number of halogens is 1. The van der Waals surface area contributed by atoms with Crippen molar-refractivity contribution in [2.24, 2.45) is 5.16 Å². The van der Waals surface area contributed by atoms with E-state index >= 15 is 0 Å². The maximum atomic E-state index is 10.9. The Morgan fingerprint density at radius 3 is 2.94 bits per heavy atom. The van der Waals surface area contributed by atoms with E-state index in [0.717, 1.165) is 0 Å². The van der Waals surface area contributed by atoms with Crippen molar-refractivity contribution in [3.8, 4) is 0 Å². The van der Waals surface area contributed by atoms with E-state index in [9.17, 15) is 15.2 Å². The Balaban J connectivity index is 2.56. The zero-order valence-electron chi connectivity index (χ0n) is 7.96. The molecule has 2 rings (SSSR count). The first-order chi connectivity index (χ1) is 7.54. The third-order valence-corrected chi connectivity index (χ3v) is 2.54. The van der Waals surface area contributed by atoms with Gasteiger partial charge in [-0.25, -0.2) is 0 Å². The lowest BCUT2D eigenvalue weighted by Gasteiger charge is -2.19. The molecule has 7 heteroatoms. The summed E-state index contributed by atoms with van der Waals surface area (Å²) >= 11 is 5.72. The highest BCUT2D eigenvalue weighted by molar-refractivity contribution is 6.32. The summed E-state index contributed by atoms with van der Waals surface area (Å²) in [6, 6.07) is 4.27. The van der Waals surface area contributed by atoms with Crippen LogP contribution in [0.2, 0.25) is 5.02 Å². The molecule has 84 valence electrons. The summed E-state index contributed by atoms with van der Waals surface area (Å²) in [5.41, 5.74) is -0.361. The van der Waals surface area contributed by atoms with Crippen LogP contribution in [0.1, 0.15) is 12.0 Å². The lowest BCUT2D eigenvalue weighted by Crippen LogP contribution is -2.25. The Labute approximate surface area is 95.2 Å². The number of aliphatic hydroxyl groups is 1. The second-order valence-electron chi connectivity index (χ2n) is 3.26. The van der Waals surface area contributed by atoms with Gasteiger partial charge in [0.2, 0.25) is 0 Å². The molecule has 1 aliphatic heterocycles. The molecule has 1 heterocycles. The molecule has 0 aliphatic carbocycles. The van der Waals surface area contributed by atoms with E-state index in [1.807, 2.05) is 0 Å². The number of oxime groups is 1. The van der Waals surface area contributed by atoms with Crippen LogP contribution in [0.25, 0.3) is 0 Å². The molecule has 0 spiro atoms. The van der Waals surface area contributed by atoms with Crippen LogP contribution in [0.3, 0.4) is 0 Å². The SMILES string of the molecule is O=[N+]([O-])c1c(Cl)cccc1C1(O)CC=NO1. The van der Waals surface area contributed by atoms with Crippen LogP contribution in [-0.2, 0) is 10.6 Å². The second-order valence-corrected chi connectivity index (χ2v) is 3.67. The molecular formula is C9H7ClN2O4. The van der Waals surface area contributed by atoms with Crippen molar-refractivity contribution < 1.29 is 14.9 Å². The van der Waals surface area contributed by atoms with Gasteiger partial charge in [0.25, 0.3) is 11.5 Å². The lowest BCUT2D eigenvalue weighted by atomic mass is 10.0. The maximum absolute atomic E-state index is 10.9. The highest BCUT2D eigenvalue weighted by atomic mass is 35.5. The minimum Gasteiger partial charge on any atom is -0.355 e. The fourth-order valence-corrected chi connectivity index (χ4v) is 1.74. The summed E-state index contributed by atoms with van der Waals surface area (Å²) in [4.78, 5) is 14.9. The standard InChI is InChI=1S/C9H7ClN2O4/c10-7-3-1-2-6(8(7)12(14)15)9(13)4-5-11-16-9/h1-3,5,13H,4H2. The molecule has 0 amide bonds. The molecule has 1 N–H and O–H groups in total. The zero-order chi connectivity index (χ0) is 11.8. The van der Waals surface area contributed by atoms with Gasteiger partial charge in [0.1, 0.15) is 10.6 Å². The first-order valence-electron chi connectivity index (χ1n) is 4.40. The number of nitrogens with zero attached hydrogens (tertiary/aromatic N) is 2. The van der Waals surface area contributed by atoms with Gasteiger partial charge in [0.05, 0.1) is 17.6 Å². The molecule has 1 atom stereocenters. The van der Waals surface area contributed by atoms with E-state index in [2.05, 4.69) is 5.16 Å². The molecule has 1 unspecified atom stereocenters. The smallest absolute Gasteiger partial charge is 0.297 e. The quantitative estimate of drug-likeness (QED) is 0.633. The number of nitro groups is 1. The van der Waals surface area contributed by atoms with Crippen LogP contribution in [0.5, 0.6) is 0 Å². The molecule has 0 fully saturated rings. The second kappa shape index (κ2) is 3.73. The maximum Gasteiger partial charge on any atom is 0.297 e. The first-order valence-corrected chi connectivity index (χ1v) is 4.78. The van der Waals surface area contributed by atoms with Gasteiger partial charge in [-0.05, 0) is 12.1 Å². The molecule has 16 heavy (non-hydrogen) atoms. The summed E-state index contributed by atoms with van der Waals surface area (Å²) in [5, 5.41) is 24.2. The Morgan fingerprint density at radius 1 is 1.62 bits per heavy atom. The minimum absolute atomic E-state index is 0.00231. The minimum atomic E-state index is -1.80. The molecule has 1 aromatic rings. The molecule has 0 radical (unpaired) electrons. The fraction of sp³-hybridized carbons (Fsp3) is 0.222. The van der Waals surface area contributed by atoms with Crippen LogP contribution >= 0.6 is 11.6 Å². The molecule has 0 saturated heterocycles. The largest absolute Gasteiger partial charge is 0.355 e. The van der Waals surface area contributed by atoms with E-state index in [1.165, 1.54) is 24.4 Å². The highest BCUT2D eigenvalue weighted by Gasteiger charge is 2.41. The third-order valence-electron chi connectivity index (χ3n) is 2.24. The predicted molar refractivity (Wildman–Crippen MR) is 56.2 cm³/mol. The highest BCUT2D eigenvalue weighted by Crippen LogP contribution is 2.39. The van der Waals surface area contributed by atoms with Crippen molar-refractivity contribution >= 4 is 23.5 Å². The van der Waals surface area contributed by atoms with Crippen molar-refractivity contribution in [1.82, 2.24) is 0 Å². The van der Waals surface area contributed by atoms with E-state index < -0.39 is 10.7 Å². The van der Waals surface area contributed by atoms with E-state index in [1.54, 1.807) is 0 Å². The summed E-state index contributed by atoms with van der Waals surface area (Å²) in [6.45, 7) is 0. The van der Waals surface area contributed by atoms with Gasteiger partial charge in [-0.1, -0.05) is 22.8 Å². The number of rotatable bonds is 2. The predicted octanol–water partition coefficient (Wildman–Crippen LogP) is 1.80. The van der Waals surface area contributed by atoms with Crippen molar-refractivity contribution in [1.29, 1.82) is 0 Å². The molecule has 0 bridgehead atoms. The van der Waals surface area contributed by atoms with Gasteiger partial charge in [0.15, 0.2) is 0 Å². The summed E-state index contributed by atoms with van der Waals surface area (Å²) in [7, 11) is 0. The average molecular weight is 243 g/mol. The van der Waals surface area contributed by atoms with Crippen molar-refractivity contribution in [2.45, 2.75) is 12.2 Å². The Bertz CT molecular complexity index is 467. The molecule has 6 nitrogen and oxygen atoms in total. The summed E-state index contributed by atoms with van der Waals surface area (Å²) in [6.07, 6.45) is 1.39. The van der Waals surface area contributed by atoms with Gasteiger partial charge in [0, 0.05) is 0 Å². The van der Waals surface area contributed by atoms with Crippen LogP contribution in [0.15, 0.2) is 23.4 Å². The molecule has 0 saturated carbocycles. The van der Waals surface area contributed by atoms with Gasteiger partial charge >= 0.3 is 0 Å². The first kappa shape index (κ1) is 10.8. The van der Waals surface area contributed by atoms with Crippen LogP contribution < -0.4 is 0 Å². The summed E-state index contributed by atoms with van der Waals surface area (Å²) in [5.74, 6) is -1.80. The molecule has 1 aliphatic rings. The van der Waals surface area contributed by atoms with Gasteiger partial charge < -0.3 is 9.94 Å². The number of nitro benzene ring substituents is 1. The normalized spacial score (nSPS) is 23.1. The van der Waals surface area contributed by atoms with E-state index in [-0.39, 0.29) is 22.7 Å². The third kappa shape index (κ3) is 1.62. The van der Waals surface area contributed by atoms with E-state index in [0.29, 0.717) is 0 Å². The number of para-hydroxylation sites is 1. The molecular weight excluding hydrogens is 236 g/mol. The van der Waals surface area contributed by atoms with Crippen molar-refractivity contribution in [3.63, 3.8) is 0 Å². The Morgan fingerprint density at radius 2 is 2.38 bits per heavy atom. The van der Waals surface area contributed by atoms with Crippen molar-refractivity contribution in [2.75, 3.05) is 0 Å². The lowest BCUT2D eigenvalue weighted by molar-refractivity contribution is -0.388. The topological polar surface area (TPSA) is 85.0 Å². The molecule has 1 aromatic carbocycles. The number of hydrogen-bond acceptors (Lipinski definition) is 5. The van der Waals surface area contributed by atoms with E-state index in [4.69, 9.17) is 16.4 Å². The van der Waals surface area contributed by atoms with Crippen LogP contribution in [0.4, 0.5) is 5.69 Å². The molecule has 0 aromatic heterocycles. The van der Waals surface area contributed by atoms with Gasteiger partial charge in [-0.15, -0.1) is 0 Å². The van der Waals surface area contributed by atoms with Crippen molar-refractivity contribution in [3.05, 3.63) is 38.9 Å². The van der Waals surface area contributed by atoms with Crippen LogP contribution in [-0.4, -0.2) is 16.2 Å². The number of hydrogen-bond donors (Lipinski definition) is 1. The summed E-state index contributed by atoms with van der Waals surface area (Å²) < 4.78 is 0. The van der Waals surface area contributed by atoms with Gasteiger partial charge in [-0.2, -0.15) is 0 Å². The Kier molecular flexibility index (Phi) is 2.53. The average Bonchev–Trinajstić information content (AvgIpc) is 2.65. The zero-order valence-corrected chi connectivity index (χ0v) is 8.72. The Hall–Kier alpha value is -1.66. The van der Waals surface area contributed by atoms with Crippen LogP contribution in [0, 0.1) is 10.1 Å².